The van der Waals surface area contributed by atoms with Gasteiger partial charge >= 0.3 is 0 Å². The summed E-state index contributed by atoms with van der Waals surface area (Å²) in [6.07, 6.45) is 3.50. The summed E-state index contributed by atoms with van der Waals surface area (Å²) in [6.45, 7) is 0. The van der Waals surface area contributed by atoms with Crippen LogP contribution in [0.4, 0.5) is 11.4 Å². The molecule has 5 rings (SSSR count). The number of thiophene rings is 1. The third-order valence-electron chi connectivity index (χ3n) is 5.70. The maximum Gasteiger partial charge on any atom is 0.163 e. The number of rotatable bonds is 3. The number of hydrogen-bond donors (Lipinski definition) is 2. The molecular weight excluding hydrogens is 396 g/mol. The Morgan fingerprint density at radius 3 is 2.48 bits per heavy atom. The first-order valence-corrected chi connectivity index (χ1v) is 11.9. The van der Waals surface area contributed by atoms with Crippen LogP contribution in [0.2, 0.25) is 0 Å². The summed E-state index contributed by atoms with van der Waals surface area (Å²) in [5.74, 6) is 0.481. The van der Waals surface area contributed by atoms with Crippen LogP contribution in [-0.4, -0.2) is 12.0 Å². The summed E-state index contributed by atoms with van der Waals surface area (Å²) in [5, 5.41) is 9.34. The molecule has 5 heteroatoms. The predicted molar refractivity (Wildman–Crippen MR) is 123 cm³/mol. The van der Waals surface area contributed by atoms with Crippen molar-refractivity contribution in [3.05, 3.63) is 87.8 Å². The fourth-order valence-corrected chi connectivity index (χ4v) is 5.50. The number of anilines is 2. The molecule has 0 fully saturated rings. The minimum absolute atomic E-state index is 0.145. The maximum atomic E-state index is 13.4. The lowest BCUT2D eigenvalue weighted by Crippen LogP contribution is -2.26. The number of hydrogen-bond acceptors (Lipinski definition) is 5. The summed E-state index contributed by atoms with van der Waals surface area (Å²) in [5.41, 5.74) is 5.11. The molecular formula is C24H22N2OS2. The van der Waals surface area contributed by atoms with Gasteiger partial charge in [0.1, 0.15) is 0 Å². The molecule has 2 atom stereocenters. The van der Waals surface area contributed by atoms with Gasteiger partial charge in [0.15, 0.2) is 5.78 Å². The summed E-state index contributed by atoms with van der Waals surface area (Å²) >= 11 is 3.47. The zero-order valence-electron chi connectivity index (χ0n) is 16.1. The third-order valence-corrected chi connectivity index (χ3v) is 7.48. The number of allylic oxidation sites excluding steroid dienone is 1. The van der Waals surface area contributed by atoms with E-state index in [1.807, 2.05) is 12.1 Å². The lowest BCUT2D eigenvalue weighted by Gasteiger charge is -2.29. The second-order valence-electron chi connectivity index (χ2n) is 7.46. The van der Waals surface area contributed by atoms with Crippen molar-refractivity contribution in [1.29, 1.82) is 0 Å². The molecule has 0 amide bonds. The van der Waals surface area contributed by atoms with E-state index in [1.165, 1.54) is 9.77 Å². The van der Waals surface area contributed by atoms with Crippen LogP contribution in [0.3, 0.4) is 0 Å². The van der Waals surface area contributed by atoms with Crippen LogP contribution in [0, 0.1) is 0 Å². The molecule has 2 heterocycles. The van der Waals surface area contributed by atoms with Crippen molar-refractivity contribution in [1.82, 2.24) is 0 Å². The molecule has 0 saturated heterocycles. The molecule has 1 aromatic heterocycles. The number of Topliss-reactive ketones (excluding diaryl/α,β-unsaturated/α-hetero) is 1. The van der Waals surface area contributed by atoms with Crippen molar-refractivity contribution in [2.45, 2.75) is 29.7 Å². The quantitative estimate of drug-likeness (QED) is 0.480. The number of nitrogens with one attached hydrogen (secondary N) is 2. The van der Waals surface area contributed by atoms with E-state index >= 15 is 0 Å². The van der Waals surface area contributed by atoms with Crippen LogP contribution < -0.4 is 10.6 Å². The minimum Gasteiger partial charge on any atom is -0.372 e. The number of carbonyl (C=O) groups is 1. The number of fused-ring (bicyclic) bond motifs is 1. The average Bonchev–Trinajstić information content (AvgIpc) is 3.23. The van der Waals surface area contributed by atoms with Crippen LogP contribution in [0.1, 0.15) is 35.2 Å². The predicted octanol–water partition coefficient (Wildman–Crippen LogP) is 6.45. The van der Waals surface area contributed by atoms with Gasteiger partial charge in [-0.2, -0.15) is 0 Å². The van der Waals surface area contributed by atoms with Crippen LogP contribution in [0.25, 0.3) is 0 Å². The van der Waals surface area contributed by atoms with E-state index in [4.69, 9.17) is 0 Å². The topological polar surface area (TPSA) is 41.1 Å². The lowest BCUT2D eigenvalue weighted by atomic mass is 9.81. The van der Waals surface area contributed by atoms with Gasteiger partial charge in [0.2, 0.25) is 0 Å². The summed E-state index contributed by atoms with van der Waals surface area (Å²) in [6, 6.07) is 20.8. The van der Waals surface area contributed by atoms with Gasteiger partial charge in [-0.1, -0.05) is 30.3 Å². The van der Waals surface area contributed by atoms with E-state index in [1.54, 1.807) is 23.1 Å². The molecule has 0 unspecified atom stereocenters. The molecule has 3 nitrogen and oxygen atoms in total. The van der Waals surface area contributed by atoms with Gasteiger partial charge < -0.3 is 10.6 Å². The highest BCUT2D eigenvalue weighted by atomic mass is 32.2. The van der Waals surface area contributed by atoms with E-state index in [0.29, 0.717) is 6.42 Å². The lowest BCUT2D eigenvalue weighted by molar-refractivity contribution is -0.116. The van der Waals surface area contributed by atoms with Gasteiger partial charge in [0.05, 0.1) is 17.4 Å². The molecule has 0 spiro atoms. The largest absolute Gasteiger partial charge is 0.372 e. The van der Waals surface area contributed by atoms with Crippen molar-refractivity contribution < 1.29 is 4.79 Å². The Labute approximate surface area is 179 Å². The highest BCUT2D eigenvalue weighted by molar-refractivity contribution is 7.98. The Balaban J connectivity index is 1.60. The third kappa shape index (κ3) is 3.49. The molecule has 3 aromatic rings. The van der Waals surface area contributed by atoms with Crippen molar-refractivity contribution >= 4 is 40.3 Å². The Morgan fingerprint density at radius 2 is 1.76 bits per heavy atom. The second kappa shape index (κ2) is 7.73. The first kappa shape index (κ1) is 18.5. The Bertz CT molecular complexity index is 1070. The van der Waals surface area contributed by atoms with Gasteiger partial charge in [-0.05, 0) is 54.0 Å². The Morgan fingerprint density at radius 1 is 0.966 bits per heavy atom. The molecule has 146 valence electrons. The van der Waals surface area contributed by atoms with Crippen molar-refractivity contribution in [3.8, 4) is 0 Å². The first-order chi connectivity index (χ1) is 14.2. The van der Waals surface area contributed by atoms with E-state index in [-0.39, 0.29) is 17.7 Å². The van der Waals surface area contributed by atoms with Gasteiger partial charge in [0, 0.05) is 33.4 Å². The van der Waals surface area contributed by atoms with Gasteiger partial charge in [-0.3, -0.25) is 4.79 Å². The van der Waals surface area contributed by atoms with E-state index < -0.39 is 0 Å². The van der Waals surface area contributed by atoms with Gasteiger partial charge in [-0.25, -0.2) is 0 Å². The van der Waals surface area contributed by atoms with Crippen molar-refractivity contribution in [3.63, 3.8) is 0 Å². The van der Waals surface area contributed by atoms with E-state index in [0.717, 1.165) is 34.6 Å². The van der Waals surface area contributed by atoms with Crippen LogP contribution in [-0.2, 0) is 4.79 Å². The molecule has 2 aliphatic rings. The maximum absolute atomic E-state index is 13.4. The number of para-hydroxylation sites is 2. The molecule has 0 radical (unpaired) electrons. The SMILES string of the molecule is CSc1ccc([C@H]2Nc3ccccc3NC3=C2C(=O)C[C@H](c2cccs2)C3)cc1. The molecule has 1 aliphatic heterocycles. The first-order valence-electron chi connectivity index (χ1n) is 9.79. The van der Waals surface area contributed by atoms with Gasteiger partial charge in [-0.15, -0.1) is 23.1 Å². The van der Waals surface area contributed by atoms with Crippen molar-refractivity contribution in [2.24, 2.45) is 0 Å². The monoisotopic (exact) mass is 418 g/mol. The molecule has 0 saturated carbocycles. The zero-order valence-corrected chi connectivity index (χ0v) is 17.8. The highest BCUT2D eigenvalue weighted by Crippen LogP contribution is 2.44. The standard InChI is InChI=1S/C24H22N2OS2/c1-28-17-10-8-15(9-11-17)24-23-20(25-18-5-2-3-6-19(18)26-24)13-16(14-21(23)27)22-7-4-12-29-22/h2-12,16,24-26H,13-14H2,1H3/t16-,24-/m1/s1. The van der Waals surface area contributed by atoms with Crippen LogP contribution in [0.5, 0.6) is 0 Å². The fourth-order valence-electron chi connectivity index (χ4n) is 4.26. The summed E-state index contributed by atoms with van der Waals surface area (Å²) in [4.78, 5) is 15.9. The molecule has 2 aromatic carbocycles. The fraction of sp³-hybridized carbons (Fsp3) is 0.208. The number of benzene rings is 2. The van der Waals surface area contributed by atoms with Gasteiger partial charge in [0.25, 0.3) is 0 Å². The molecule has 29 heavy (non-hydrogen) atoms. The average molecular weight is 419 g/mol. The van der Waals surface area contributed by atoms with Crippen LogP contribution in [0.15, 0.2) is 82.2 Å². The highest BCUT2D eigenvalue weighted by Gasteiger charge is 2.36. The molecule has 0 bridgehead atoms. The number of thioether (sulfide) groups is 1. The smallest absolute Gasteiger partial charge is 0.163 e. The zero-order chi connectivity index (χ0) is 19.8. The van der Waals surface area contributed by atoms with E-state index in [2.05, 4.69) is 70.8 Å². The Hall–Kier alpha value is -2.50. The van der Waals surface area contributed by atoms with E-state index in [9.17, 15) is 4.79 Å². The second-order valence-corrected chi connectivity index (χ2v) is 9.32. The molecule has 2 N–H and O–H groups in total. The van der Waals surface area contributed by atoms with Crippen molar-refractivity contribution in [2.75, 3.05) is 16.9 Å². The minimum atomic E-state index is -0.145. The summed E-state index contributed by atoms with van der Waals surface area (Å²) in [7, 11) is 0. The number of ketones is 1. The number of carbonyl (C=O) groups excluding carboxylic acids is 1. The normalized spacial score (nSPS) is 20.9. The molecule has 1 aliphatic carbocycles. The van der Waals surface area contributed by atoms with Crippen LogP contribution >= 0.6 is 23.1 Å². The summed E-state index contributed by atoms with van der Waals surface area (Å²) < 4.78 is 0. The Kier molecular flexibility index (Phi) is 4.94.